The summed E-state index contributed by atoms with van der Waals surface area (Å²) in [7, 11) is 0. The van der Waals surface area contributed by atoms with Crippen molar-refractivity contribution in [3.05, 3.63) is 76.7 Å². The number of nitrogens with zero attached hydrogens (tertiary/aromatic N) is 2. The van der Waals surface area contributed by atoms with Crippen LogP contribution < -0.4 is 16.4 Å². The number of hydrogen-bond acceptors (Lipinski definition) is 5. The van der Waals surface area contributed by atoms with Crippen LogP contribution in [0.5, 0.6) is 0 Å². The lowest BCUT2D eigenvalue weighted by Crippen LogP contribution is -2.33. The number of benzene rings is 2. The van der Waals surface area contributed by atoms with Crippen LogP contribution in [0.15, 0.2) is 54.7 Å². The van der Waals surface area contributed by atoms with Gasteiger partial charge in [0.25, 0.3) is 0 Å². The lowest BCUT2D eigenvalue weighted by Gasteiger charge is -2.27. The molecule has 0 radical (unpaired) electrons. The molecule has 1 aliphatic rings. The monoisotopic (exact) mass is 449 g/mol. The standard InChI is InChI=1S/C25H25ClFN5/c26-24-15-31-25(32-21-6-4-20(29)5-7-21)12-23(24)18-8-17(13-28)10-22(11-18)30-14-16-2-1-3-19(27)9-16/h1-3,8-12,15,20-21,30H,4-7,14,29H2,(H,31,32). The summed E-state index contributed by atoms with van der Waals surface area (Å²) in [5.74, 6) is 0.473. The first kappa shape index (κ1) is 22.1. The maximum absolute atomic E-state index is 13.5. The second kappa shape index (κ2) is 9.99. The van der Waals surface area contributed by atoms with Crippen molar-refractivity contribution in [3.63, 3.8) is 0 Å². The maximum Gasteiger partial charge on any atom is 0.126 e. The van der Waals surface area contributed by atoms with Gasteiger partial charge in [0.15, 0.2) is 0 Å². The van der Waals surface area contributed by atoms with Gasteiger partial charge in [-0.3, -0.25) is 0 Å². The molecule has 1 aliphatic carbocycles. The molecular weight excluding hydrogens is 425 g/mol. The summed E-state index contributed by atoms with van der Waals surface area (Å²) in [6, 6.07) is 16.7. The number of aromatic nitrogens is 1. The van der Waals surface area contributed by atoms with Crippen molar-refractivity contribution in [2.75, 3.05) is 10.6 Å². The fourth-order valence-electron chi connectivity index (χ4n) is 4.01. The van der Waals surface area contributed by atoms with Crippen LogP contribution in [0.4, 0.5) is 15.9 Å². The third-order valence-electron chi connectivity index (χ3n) is 5.74. The highest BCUT2D eigenvalue weighted by atomic mass is 35.5. The Morgan fingerprint density at radius 1 is 1.12 bits per heavy atom. The van der Waals surface area contributed by atoms with Crippen LogP contribution in [0.1, 0.15) is 36.8 Å². The highest BCUT2D eigenvalue weighted by Crippen LogP contribution is 2.33. The summed E-state index contributed by atoms with van der Waals surface area (Å²) in [6.45, 7) is 0.437. The zero-order valence-electron chi connectivity index (χ0n) is 17.6. The second-order valence-electron chi connectivity index (χ2n) is 8.20. The van der Waals surface area contributed by atoms with Crippen molar-refractivity contribution in [3.8, 4) is 17.2 Å². The Bertz CT molecular complexity index is 1140. The number of halogens is 2. The van der Waals surface area contributed by atoms with Crippen LogP contribution in [0.25, 0.3) is 11.1 Å². The molecule has 1 fully saturated rings. The highest BCUT2D eigenvalue weighted by Gasteiger charge is 2.19. The Morgan fingerprint density at radius 2 is 1.94 bits per heavy atom. The predicted molar refractivity (Wildman–Crippen MR) is 127 cm³/mol. The van der Waals surface area contributed by atoms with Crippen molar-refractivity contribution in [1.82, 2.24) is 4.98 Å². The number of pyridine rings is 1. The van der Waals surface area contributed by atoms with Crippen LogP contribution in [0, 0.1) is 17.1 Å². The van der Waals surface area contributed by atoms with Gasteiger partial charge in [-0.15, -0.1) is 0 Å². The largest absolute Gasteiger partial charge is 0.381 e. The minimum atomic E-state index is -0.278. The summed E-state index contributed by atoms with van der Waals surface area (Å²) >= 11 is 6.48. The smallest absolute Gasteiger partial charge is 0.126 e. The number of anilines is 2. The third kappa shape index (κ3) is 5.56. The summed E-state index contributed by atoms with van der Waals surface area (Å²) in [5.41, 5.74) is 9.69. The number of nitrogens with two attached hydrogens (primary N) is 1. The van der Waals surface area contributed by atoms with Crippen LogP contribution in [-0.4, -0.2) is 17.1 Å². The van der Waals surface area contributed by atoms with E-state index in [2.05, 4.69) is 21.7 Å². The van der Waals surface area contributed by atoms with Crippen LogP contribution in [-0.2, 0) is 6.54 Å². The summed E-state index contributed by atoms with van der Waals surface area (Å²) < 4.78 is 13.5. The Kier molecular flexibility index (Phi) is 6.89. The van der Waals surface area contributed by atoms with E-state index in [1.165, 1.54) is 12.1 Å². The quantitative estimate of drug-likeness (QED) is 0.449. The molecule has 4 rings (SSSR count). The van der Waals surface area contributed by atoms with Gasteiger partial charge >= 0.3 is 0 Å². The molecule has 32 heavy (non-hydrogen) atoms. The van der Waals surface area contributed by atoms with E-state index in [9.17, 15) is 9.65 Å². The molecule has 0 unspecified atom stereocenters. The van der Waals surface area contributed by atoms with Crippen molar-refractivity contribution in [2.45, 2.75) is 44.3 Å². The second-order valence-corrected chi connectivity index (χ2v) is 8.61. The van der Waals surface area contributed by atoms with Gasteiger partial charge in [-0.1, -0.05) is 23.7 Å². The molecule has 1 saturated carbocycles. The number of hydrogen-bond donors (Lipinski definition) is 3. The molecule has 7 heteroatoms. The van der Waals surface area contributed by atoms with Crippen molar-refractivity contribution in [1.29, 1.82) is 5.26 Å². The van der Waals surface area contributed by atoms with Crippen LogP contribution in [0.3, 0.4) is 0 Å². The van der Waals surface area contributed by atoms with Gasteiger partial charge in [-0.25, -0.2) is 9.37 Å². The average molecular weight is 450 g/mol. The minimum Gasteiger partial charge on any atom is -0.381 e. The van der Waals surface area contributed by atoms with Gasteiger partial charge in [-0.05, 0) is 73.2 Å². The lowest BCUT2D eigenvalue weighted by molar-refractivity contribution is 0.410. The average Bonchev–Trinajstić information content (AvgIpc) is 2.80. The van der Waals surface area contributed by atoms with Crippen molar-refractivity contribution < 1.29 is 4.39 Å². The first-order valence-electron chi connectivity index (χ1n) is 10.7. The van der Waals surface area contributed by atoms with Gasteiger partial charge in [0.1, 0.15) is 11.6 Å². The first-order valence-corrected chi connectivity index (χ1v) is 11.1. The molecule has 0 amide bonds. The molecule has 0 bridgehead atoms. The number of rotatable bonds is 6. The van der Waals surface area contributed by atoms with E-state index in [-0.39, 0.29) is 11.9 Å². The molecule has 4 N–H and O–H groups in total. The molecule has 2 aromatic carbocycles. The van der Waals surface area contributed by atoms with Gasteiger partial charge in [-0.2, -0.15) is 5.26 Å². The molecule has 0 spiro atoms. The Hall–Kier alpha value is -3.14. The molecule has 3 aromatic rings. The SMILES string of the molecule is N#Cc1cc(NCc2cccc(F)c2)cc(-c2cc(NC3CCC(N)CC3)ncc2Cl)c1. The molecule has 1 aromatic heterocycles. The van der Waals surface area contributed by atoms with Crippen molar-refractivity contribution >= 4 is 23.1 Å². The Balaban J connectivity index is 1.56. The minimum absolute atomic E-state index is 0.278. The normalized spacial score (nSPS) is 18.1. The van der Waals surface area contributed by atoms with Crippen LogP contribution in [0.2, 0.25) is 5.02 Å². The number of nitrogens with one attached hydrogen (secondary N) is 2. The van der Waals surface area contributed by atoms with E-state index >= 15 is 0 Å². The fourth-order valence-corrected chi connectivity index (χ4v) is 4.22. The zero-order chi connectivity index (χ0) is 22.5. The van der Waals surface area contributed by atoms with E-state index < -0.39 is 0 Å². The van der Waals surface area contributed by atoms with E-state index in [0.717, 1.165) is 53.9 Å². The lowest BCUT2D eigenvalue weighted by atomic mass is 9.92. The fraction of sp³-hybridized carbons (Fsp3) is 0.280. The number of nitriles is 1. The summed E-state index contributed by atoms with van der Waals surface area (Å²) in [4.78, 5) is 4.44. The molecule has 5 nitrogen and oxygen atoms in total. The van der Waals surface area contributed by atoms with Crippen molar-refractivity contribution in [2.24, 2.45) is 5.73 Å². The first-order chi connectivity index (χ1) is 15.5. The molecule has 0 saturated heterocycles. The third-order valence-corrected chi connectivity index (χ3v) is 6.04. The predicted octanol–water partition coefficient (Wildman–Crippen LogP) is 5.71. The van der Waals surface area contributed by atoms with E-state index in [4.69, 9.17) is 17.3 Å². The molecule has 0 atom stereocenters. The van der Waals surface area contributed by atoms with Gasteiger partial charge in [0.05, 0.1) is 16.7 Å². The zero-order valence-corrected chi connectivity index (χ0v) is 18.4. The van der Waals surface area contributed by atoms with E-state index in [0.29, 0.717) is 23.2 Å². The van der Waals surface area contributed by atoms with E-state index in [1.807, 2.05) is 18.2 Å². The van der Waals surface area contributed by atoms with Gasteiger partial charge < -0.3 is 16.4 Å². The molecule has 0 aliphatic heterocycles. The Labute approximate surface area is 192 Å². The van der Waals surface area contributed by atoms with Gasteiger partial charge in [0.2, 0.25) is 0 Å². The van der Waals surface area contributed by atoms with Crippen LogP contribution >= 0.6 is 11.6 Å². The topological polar surface area (TPSA) is 86.8 Å². The van der Waals surface area contributed by atoms with Gasteiger partial charge in [0, 0.05) is 36.1 Å². The molecular formula is C25H25ClFN5. The highest BCUT2D eigenvalue weighted by molar-refractivity contribution is 6.33. The molecule has 1 heterocycles. The Morgan fingerprint density at radius 3 is 2.69 bits per heavy atom. The summed E-state index contributed by atoms with van der Waals surface area (Å²) in [6.07, 6.45) is 5.66. The summed E-state index contributed by atoms with van der Waals surface area (Å²) in [5, 5.41) is 16.8. The molecule has 164 valence electrons. The van der Waals surface area contributed by atoms with E-state index in [1.54, 1.807) is 24.4 Å². The maximum atomic E-state index is 13.5.